The van der Waals surface area contributed by atoms with Crippen LogP contribution in [-0.4, -0.2) is 16.9 Å². The van der Waals surface area contributed by atoms with Gasteiger partial charge in [-0.3, -0.25) is 9.59 Å². The third-order valence-corrected chi connectivity index (χ3v) is 5.08. The maximum atomic E-state index is 12.6. The van der Waals surface area contributed by atoms with Crippen LogP contribution in [0.2, 0.25) is 0 Å². The molecule has 148 valence electrons. The Morgan fingerprint density at radius 3 is 2.41 bits per heavy atom. The van der Waals surface area contributed by atoms with Crippen LogP contribution in [0.4, 0.5) is 13.2 Å². The van der Waals surface area contributed by atoms with Crippen LogP contribution in [-0.2, 0) is 15.8 Å². The highest BCUT2D eigenvalue weighted by Crippen LogP contribution is 2.34. The van der Waals surface area contributed by atoms with Crippen LogP contribution in [0.25, 0.3) is 6.08 Å². The van der Waals surface area contributed by atoms with E-state index in [-0.39, 0.29) is 24.0 Å². The molecule has 3 nitrogen and oxygen atoms in total. The van der Waals surface area contributed by atoms with E-state index in [1.165, 1.54) is 12.1 Å². The SMILES string of the molecule is O=C(O)CCCCCCC1C(=O)CCC1C=Cc1ccc(C(F)(F)F)cc1. The molecule has 0 spiro atoms. The number of ketones is 1. The largest absolute Gasteiger partial charge is 0.481 e. The van der Waals surface area contributed by atoms with Gasteiger partial charge in [-0.25, -0.2) is 0 Å². The Kier molecular flexibility index (Phi) is 7.63. The number of Topliss-reactive ketones (excluding diaryl/α,β-unsaturated/α-hetero) is 1. The molecule has 2 rings (SSSR count). The summed E-state index contributed by atoms with van der Waals surface area (Å²) in [6.07, 6.45) is 5.00. The number of hydrogen-bond acceptors (Lipinski definition) is 2. The molecule has 1 aromatic rings. The van der Waals surface area contributed by atoms with Gasteiger partial charge in [-0.1, -0.05) is 43.5 Å². The van der Waals surface area contributed by atoms with E-state index in [1.54, 1.807) is 6.08 Å². The van der Waals surface area contributed by atoms with Gasteiger partial charge >= 0.3 is 12.1 Å². The van der Waals surface area contributed by atoms with Gasteiger partial charge in [0.2, 0.25) is 0 Å². The zero-order chi connectivity index (χ0) is 19.9. The topological polar surface area (TPSA) is 54.4 Å². The summed E-state index contributed by atoms with van der Waals surface area (Å²) < 4.78 is 37.8. The summed E-state index contributed by atoms with van der Waals surface area (Å²) in [4.78, 5) is 22.6. The van der Waals surface area contributed by atoms with Crippen molar-refractivity contribution < 1.29 is 27.9 Å². The molecule has 2 unspecified atom stereocenters. The van der Waals surface area contributed by atoms with Crippen LogP contribution in [0, 0.1) is 11.8 Å². The predicted molar refractivity (Wildman–Crippen MR) is 97.0 cm³/mol. The van der Waals surface area contributed by atoms with Gasteiger partial charge in [-0.2, -0.15) is 13.2 Å². The fourth-order valence-electron chi connectivity index (χ4n) is 3.55. The van der Waals surface area contributed by atoms with Gasteiger partial charge in [0.05, 0.1) is 5.56 Å². The summed E-state index contributed by atoms with van der Waals surface area (Å²) in [7, 11) is 0. The molecule has 0 aliphatic heterocycles. The second kappa shape index (κ2) is 9.72. The zero-order valence-corrected chi connectivity index (χ0v) is 15.2. The molecule has 0 aromatic heterocycles. The van der Waals surface area contributed by atoms with E-state index in [1.807, 2.05) is 6.08 Å². The first-order valence-corrected chi connectivity index (χ1v) is 9.37. The van der Waals surface area contributed by atoms with Crippen molar-refractivity contribution in [1.82, 2.24) is 0 Å². The minimum Gasteiger partial charge on any atom is -0.481 e. The van der Waals surface area contributed by atoms with Crippen molar-refractivity contribution in [2.24, 2.45) is 11.8 Å². The quantitative estimate of drug-likeness (QED) is 0.554. The van der Waals surface area contributed by atoms with Gasteiger partial charge < -0.3 is 5.11 Å². The summed E-state index contributed by atoms with van der Waals surface area (Å²) in [5.74, 6) is -0.439. The van der Waals surface area contributed by atoms with E-state index in [9.17, 15) is 22.8 Å². The average Bonchev–Trinajstić information content (AvgIpc) is 2.95. The molecular formula is C21H25F3O3. The summed E-state index contributed by atoms with van der Waals surface area (Å²) in [5.41, 5.74) is 0.0197. The Labute approximate surface area is 157 Å². The Morgan fingerprint density at radius 2 is 1.78 bits per heavy atom. The molecule has 2 atom stereocenters. The third-order valence-electron chi connectivity index (χ3n) is 5.08. The minimum atomic E-state index is -4.34. The van der Waals surface area contributed by atoms with Crippen LogP contribution < -0.4 is 0 Å². The Balaban J connectivity index is 1.84. The fraction of sp³-hybridized carbons (Fsp3) is 0.524. The van der Waals surface area contributed by atoms with Crippen LogP contribution in [0.3, 0.4) is 0 Å². The van der Waals surface area contributed by atoms with E-state index >= 15 is 0 Å². The van der Waals surface area contributed by atoms with Gasteiger partial charge in [0.15, 0.2) is 0 Å². The van der Waals surface area contributed by atoms with Gasteiger partial charge in [-0.05, 0) is 42.9 Å². The molecular weight excluding hydrogens is 357 g/mol. The van der Waals surface area contributed by atoms with Crippen molar-refractivity contribution in [3.63, 3.8) is 0 Å². The average molecular weight is 382 g/mol. The number of alkyl halides is 3. The lowest BCUT2D eigenvalue weighted by Crippen LogP contribution is -2.13. The number of unbranched alkanes of at least 4 members (excludes halogenated alkanes) is 3. The van der Waals surface area contributed by atoms with E-state index in [0.717, 1.165) is 44.2 Å². The lowest BCUT2D eigenvalue weighted by molar-refractivity contribution is -0.138. The lowest BCUT2D eigenvalue weighted by atomic mass is 9.89. The maximum absolute atomic E-state index is 12.6. The number of aliphatic carboxylic acids is 1. The number of carbonyl (C=O) groups is 2. The number of carbonyl (C=O) groups excluding carboxylic acids is 1. The molecule has 0 radical (unpaired) electrons. The first-order chi connectivity index (χ1) is 12.8. The predicted octanol–water partition coefficient (Wildman–Crippen LogP) is 5.74. The number of hydrogen-bond donors (Lipinski definition) is 1. The molecule has 1 aliphatic carbocycles. The third kappa shape index (κ3) is 6.85. The van der Waals surface area contributed by atoms with Crippen LogP contribution in [0.5, 0.6) is 0 Å². The molecule has 0 bridgehead atoms. The van der Waals surface area contributed by atoms with Crippen molar-refractivity contribution in [2.45, 2.75) is 57.5 Å². The smallest absolute Gasteiger partial charge is 0.416 e. The van der Waals surface area contributed by atoms with Gasteiger partial charge in [0.1, 0.15) is 5.78 Å². The first kappa shape index (κ1) is 21.2. The summed E-state index contributed by atoms with van der Waals surface area (Å²) in [5, 5.41) is 8.61. The Morgan fingerprint density at radius 1 is 1.11 bits per heavy atom. The number of benzene rings is 1. The van der Waals surface area contributed by atoms with Crippen LogP contribution in [0.15, 0.2) is 30.3 Å². The van der Waals surface area contributed by atoms with Gasteiger partial charge in [-0.15, -0.1) is 0 Å². The number of halogens is 3. The van der Waals surface area contributed by atoms with E-state index in [0.29, 0.717) is 18.4 Å². The molecule has 1 fully saturated rings. The highest BCUT2D eigenvalue weighted by atomic mass is 19.4. The van der Waals surface area contributed by atoms with Gasteiger partial charge in [0.25, 0.3) is 0 Å². The number of carboxylic acids is 1. The molecule has 1 N–H and O–H groups in total. The first-order valence-electron chi connectivity index (χ1n) is 9.37. The van der Waals surface area contributed by atoms with Crippen molar-refractivity contribution in [1.29, 1.82) is 0 Å². The molecule has 0 amide bonds. The highest BCUT2D eigenvalue weighted by Gasteiger charge is 2.32. The molecule has 1 aliphatic rings. The van der Waals surface area contributed by atoms with E-state index < -0.39 is 17.7 Å². The zero-order valence-electron chi connectivity index (χ0n) is 15.2. The standard InChI is InChI=1S/C21H25F3O3/c22-21(23,24)17-12-8-15(9-13-17)7-10-16-11-14-19(25)18(16)5-3-1-2-4-6-20(26)27/h7-10,12-13,16,18H,1-6,11,14H2,(H,26,27). The van der Waals surface area contributed by atoms with Crippen LogP contribution in [0.1, 0.15) is 62.5 Å². The van der Waals surface area contributed by atoms with Crippen molar-refractivity contribution in [3.05, 3.63) is 41.5 Å². The van der Waals surface area contributed by atoms with Crippen molar-refractivity contribution >= 4 is 17.8 Å². The molecule has 1 saturated carbocycles. The maximum Gasteiger partial charge on any atom is 0.416 e. The fourth-order valence-corrected chi connectivity index (χ4v) is 3.55. The molecule has 0 saturated heterocycles. The summed E-state index contributed by atoms with van der Waals surface area (Å²) in [6.45, 7) is 0. The normalized spacial score (nSPS) is 20.5. The van der Waals surface area contributed by atoms with Crippen molar-refractivity contribution in [3.8, 4) is 0 Å². The molecule has 0 heterocycles. The number of allylic oxidation sites excluding steroid dienone is 1. The number of rotatable bonds is 9. The Hall–Kier alpha value is -2.11. The summed E-state index contributed by atoms with van der Waals surface area (Å²) >= 11 is 0. The second-order valence-corrected chi connectivity index (χ2v) is 7.10. The monoisotopic (exact) mass is 382 g/mol. The molecule has 27 heavy (non-hydrogen) atoms. The number of carboxylic acid groups (broad SMARTS) is 1. The van der Waals surface area contributed by atoms with E-state index in [2.05, 4.69) is 0 Å². The Bertz CT molecular complexity index is 662. The van der Waals surface area contributed by atoms with Crippen molar-refractivity contribution in [2.75, 3.05) is 0 Å². The van der Waals surface area contributed by atoms with Crippen LogP contribution >= 0.6 is 0 Å². The van der Waals surface area contributed by atoms with Gasteiger partial charge in [0, 0.05) is 18.8 Å². The van der Waals surface area contributed by atoms with E-state index in [4.69, 9.17) is 5.11 Å². The second-order valence-electron chi connectivity index (χ2n) is 7.10. The molecule has 6 heteroatoms. The highest BCUT2D eigenvalue weighted by molar-refractivity contribution is 5.84. The molecule has 1 aromatic carbocycles. The lowest BCUT2D eigenvalue weighted by Gasteiger charge is -2.15. The minimum absolute atomic E-state index is 0.0322. The summed E-state index contributed by atoms with van der Waals surface area (Å²) in [6, 6.07) is 5.00.